The van der Waals surface area contributed by atoms with Crippen LogP contribution in [0.1, 0.15) is 42.0 Å². The van der Waals surface area contributed by atoms with Crippen molar-refractivity contribution >= 4 is 21.7 Å². The first kappa shape index (κ1) is 16.3. The van der Waals surface area contributed by atoms with Crippen molar-refractivity contribution < 1.29 is 0 Å². The Bertz CT molecular complexity index is 1210. The van der Waals surface area contributed by atoms with Crippen LogP contribution < -0.4 is 0 Å². The highest BCUT2D eigenvalue weighted by molar-refractivity contribution is 5.95. The molecule has 2 aromatic carbocycles. The van der Waals surface area contributed by atoms with E-state index < -0.39 is 0 Å². The molecule has 1 fully saturated rings. The van der Waals surface area contributed by atoms with Crippen molar-refractivity contribution in [2.24, 2.45) is 0 Å². The average molecular weight is 367 g/mol. The molecule has 3 heterocycles. The first-order valence-corrected chi connectivity index (χ1v) is 10.4. The average Bonchev–Trinajstić information content (AvgIpc) is 3.31. The van der Waals surface area contributed by atoms with Gasteiger partial charge in [0.1, 0.15) is 0 Å². The SMILES string of the molecule is Cc1ccc2c(c1)c1c(n2-c2cccc3cnccc23)C2CCCC2N(C)C1. The number of benzene rings is 2. The summed E-state index contributed by atoms with van der Waals surface area (Å²) < 4.78 is 2.59. The third-order valence-electron chi connectivity index (χ3n) is 6.97. The van der Waals surface area contributed by atoms with Crippen LogP contribution in [0.25, 0.3) is 27.4 Å². The van der Waals surface area contributed by atoms with E-state index in [-0.39, 0.29) is 0 Å². The van der Waals surface area contributed by atoms with Gasteiger partial charge in [0.05, 0.1) is 11.2 Å². The molecule has 0 bridgehead atoms. The van der Waals surface area contributed by atoms with E-state index in [9.17, 15) is 0 Å². The van der Waals surface area contributed by atoms with Crippen LogP contribution in [0.5, 0.6) is 0 Å². The molecule has 28 heavy (non-hydrogen) atoms. The number of likely N-dealkylation sites (N-methyl/N-ethyl adjacent to an activating group) is 1. The Labute approximate surface area is 165 Å². The van der Waals surface area contributed by atoms with E-state index in [1.807, 2.05) is 12.4 Å². The van der Waals surface area contributed by atoms with Crippen molar-refractivity contribution in [2.75, 3.05) is 7.05 Å². The lowest BCUT2D eigenvalue weighted by Crippen LogP contribution is -2.38. The smallest absolute Gasteiger partial charge is 0.0538 e. The highest BCUT2D eigenvalue weighted by Crippen LogP contribution is 2.47. The third-order valence-corrected chi connectivity index (χ3v) is 6.97. The van der Waals surface area contributed by atoms with Gasteiger partial charge in [-0.3, -0.25) is 9.88 Å². The summed E-state index contributed by atoms with van der Waals surface area (Å²) in [6, 6.07) is 16.4. The molecule has 1 saturated carbocycles. The molecule has 2 unspecified atom stereocenters. The van der Waals surface area contributed by atoms with Crippen molar-refractivity contribution in [1.82, 2.24) is 14.5 Å². The van der Waals surface area contributed by atoms with Gasteiger partial charge in [-0.2, -0.15) is 0 Å². The van der Waals surface area contributed by atoms with Crippen LogP contribution in [0, 0.1) is 6.92 Å². The van der Waals surface area contributed by atoms with Crippen molar-refractivity contribution in [3.63, 3.8) is 0 Å². The topological polar surface area (TPSA) is 21.1 Å². The van der Waals surface area contributed by atoms with Gasteiger partial charge in [-0.25, -0.2) is 0 Å². The van der Waals surface area contributed by atoms with Crippen LogP contribution in [0.15, 0.2) is 54.9 Å². The van der Waals surface area contributed by atoms with E-state index in [1.165, 1.54) is 57.8 Å². The molecule has 0 amide bonds. The van der Waals surface area contributed by atoms with Crippen molar-refractivity contribution in [3.05, 3.63) is 71.7 Å². The Morgan fingerprint density at radius 3 is 2.89 bits per heavy atom. The predicted molar refractivity (Wildman–Crippen MR) is 115 cm³/mol. The molecule has 0 N–H and O–H groups in total. The molecule has 2 aliphatic rings. The number of aromatic nitrogens is 2. The maximum Gasteiger partial charge on any atom is 0.0538 e. The van der Waals surface area contributed by atoms with E-state index in [0.717, 1.165) is 6.54 Å². The Kier molecular flexibility index (Phi) is 3.45. The van der Waals surface area contributed by atoms with Gasteiger partial charge in [0.25, 0.3) is 0 Å². The molecule has 2 aromatic heterocycles. The van der Waals surface area contributed by atoms with E-state index in [2.05, 4.69) is 70.9 Å². The molecule has 4 aromatic rings. The van der Waals surface area contributed by atoms with Crippen LogP contribution >= 0.6 is 0 Å². The second-order valence-corrected chi connectivity index (χ2v) is 8.61. The molecule has 3 heteroatoms. The van der Waals surface area contributed by atoms with Crippen LogP contribution in [0.4, 0.5) is 0 Å². The summed E-state index contributed by atoms with van der Waals surface area (Å²) >= 11 is 0. The van der Waals surface area contributed by atoms with Gasteiger partial charge >= 0.3 is 0 Å². The summed E-state index contributed by atoms with van der Waals surface area (Å²) in [7, 11) is 2.31. The van der Waals surface area contributed by atoms with Gasteiger partial charge in [0, 0.05) is 52.8 Å². The molecule has 0 spiro atoms. The first-order valence-electron chi connectivity index (χ1n) is 10.4. The third kappa shape index (κ3) is 2.17. The second-order valence-electron chi connectivity index (χ2n) is 8.61. The fourth-order valence-electron chi connectivity index (χ4n) is 5.76. The lowest BCUT2D eigenvalue weighted by atomic mass is 9.89. The number of fused-ring (bicyclic) bond motifs is 6. The Morgan fingerprint density at radius 1 is 1.04 bits per heavy atom. The van der Waals surface area contributed by atoms with Crippen molar-refractivity contribution in [1.29, 1.82) is 0 Å². The van der Waals surface area contributed by atoms with E-state index in [0.29, 0.717) is 12.0 Å². The monoisotopic (exact) mass is 367 g/mol. The molecule has 6 rings (SSSR count). The van der Waals surface area contributed by atoms with Crippen LogP contribution in [0.3, 0.4) is 0 Å². The van der Waals surface area contributed by atoms with Gasteiger partial charge in [-0.1, -0.05) is 30.2 Å². The minimum absolute atomic E-state index is 0.624. The molecule has 140 valence electrons. The minimum Gasteiger partial charge on any atom is -0.312 e. The zero-order valence-corrected chi connectivity index (χ0v) is 16.5. The summed E-state index contributed by atoms with van der Waals surface area (Å²) in [5, 5.41) is 3.92. The predicted octanol–water partition coefficient (Wildman–Crippen LogP) is 5.57. The zero-order chi connectivity index (χ0) is 18.8. The Hall–Kier alpha value is -2.65. The van der Waals surface area contributed by atoms with Crippen molar-refractivity contribution in [2.45, 2.75) is 44.7 Å². The zero-order valence-electron chi connectivity index (χ0n) is 16.5. The highest BCUT2D eigenvalue weighted by atomic mass is 15.2. The lowest BCUT2D eigenvalue weighted by Gasteiger charge is -2.36. The minimum atomic E-state index is 0.624. The summed E-state index contributed by atoms with van der Waals surface area (Å²) in [6.07, 6.45) is 7.84. The van der Waals surface area contributed by atoms with E-state index >= 15 is 0 Å². The maximum absolute atomic E-state index is 4.34. The van der Waals surface area contributed by atoms with Crippen LogP contribution in [-0.4, -0.2) is 27.5 Å². The molecule has 2 atom stereocenters. The van der Waals surface area contributed by atoms with Gasteiger partial charge in [-0.15, -0.1) is 0 Å². The molecule has 0 radical (unpaired) electrons. The first-order chi connectivity index (χ1) is 13.7. The summed E-state index contributed by atoms with van der Waals surface area (Å²) in [5.41, 5.74) is 7.08. The summed E-state index contributed by atoms with van der Waals surface area (Å²) in [6.45, 7) is 3.26. The molecule has 1 aliphatic heterocycles. The van der Waals surface area contributed by atoms with Crippen LogP contribution in [0.2, 0.25) is 0 Å². The Balaban J connectivity index is 1.75. The second kappa shape index (κ2) is 5.92. The molecule has 0 saturated heterocycles. The molecular weight excluding hydrogens is 342 g/mol. The normalized spacial score (nSPS) is 21.9. The molecular formula is C25H25N3. The summed E-state index contributed by atoms with van der Waals surface area (Å²) in [4.78, 5) is 6.94. The Morgan fingerprint density at radius 2 is 1.96 bits per heavy atom. The number of rotatable bonds is 1. The van der Waals surface area contributed by atoms with Crippen LogP contribution in [-0.2, 0) is 6.54 Å². The largest absolute Gasteiger partial charge is 0.312 e. The molecule has 1 aliphatic carbocycles. The van der Waals surface area contributed by atoms with E-state index in [1.54, 1.807) is 5.69 Å². The number of nitrogens with zero attached hydrogens (tertiary/aromatic N) is 3. The van der Waals surface area contributed by atoms with Gasteiger partial charge < -0.3 is 4.57 Å². The fourth-order valence-corrected chi connectivity index (χ4v) is 5.76. The fraction of sp³-hybridized carbons (Fsp3) is 0.320. The van der Waals surface area contributed by atoms with Gasteiger partial charge in [0.15, 0.2) is 0 Å². The van der Waals surface area contributed by atoms with Crippen molar-refractivity contribution in [3.8, 4) is 5.69 Å². The lowest BCUT2D eigenvalue weighted by molar-refractivity contribution is 0.199. The quantitative estimate of drug-likeness (QED) is 0.439. The maximum atomic E-state index is 4.34. The number of aryl methyl sites for hydroxylation is 1. The number of hydrogen-bond acceptors (Lipinski definition) is 2. The van der Waals surface area contributed by atoms with Gasteiger partial charge in [0.2, 0.25) is 0 Å². The summed E-state index contributed by atoms with van der Waals surface area (Å²) in [5.74, 6) is 0.624. The van der Waals surface area contributed by atoms with Gasteiger partial charge in [-0.05, 0) is 56.6 Å². The number of pyridine rings is 1. The number of hydrogen-bond donors (Lipinski definition) is 0. The highest BCUT2D eigenvalue weighted by Gasteiger charge is 2.40. The molecule has 3 nitrogen and oxygen atoms in total. The standard InChI is InChI=1S/C25H25N3/c1-16-9-10-24-20(13-16)21-15-27(2)22-7-4-6-19(22)25(21)28(24)23-8-3-5-17-14-26-12-11-18(17)23/h3,5,8-14,19,22H,4,6-7,15H2,1-2H3. The van der Waals surface area contributed by atoms with E-state index in [4.69, 9.17) is 0 Å².